The second kappa shape index (κ2) is 11.0. The summed E-state index contributed by atoms with van der Waals surface area (Å²) in [6.07, 6.45) is 7.97. The standard InChI is InChI=1S/C22H37N3O4/c1-29-16-3-5-18-9-14-24(15-10-18)22(28)19-7-8-21(27)25(17-19)13-4-12-23-11-2-6-20(23)26/h18-19H,2-17H2,1H3/t19-/m1/s1. The van der Waals surface area contributed by atoms with Crippen LogP contribution in [0.3, 0.4) is 0 Å². The zero-order valence-corrected chi connectivity index (χ0v) is 17.9. The summed E-state index contributed by atoms with van der Waals surface area (Å²) in [5.74, 6) is 1.25. The number of ether oxygens (including phenoxy) is 1. The molecule has 0 saturated carbocycles. The Morgan fingerprint density at radius 2 is 1.69 bits per heavy atom. The molecule has 1 atom stereocenters. The van der Waals surface area contributed by atoms with Crippen LogP contribution in [0.2, 0.25) is 0 Å². The van der Waals surface area contributed by atoms with Gasteiger partial charge in [0.1, 0.15) is 0 Å². The zero-order chi connectivity index (χ0) is 20.6. The fraction of sp³-hybridized carbons (Fsp3) is 0.864. The number of rotatable bonds is 9. The van der Waals surface area contributed by atoms with Crippen LogP contribution in [-0.4, -0.2) is 85.4 Å². The van der Waals surface area contributed by atoms with Crippen molar-refractivity contribution >= 4 is 17.7 Å². The number of hydrogen-bond donors (Lipinski definition) is 0. The monoisotopic (exact) mass is 407 g/mol. The van der Waals surface area contributed by atoms with Gasteiger partial charge in [-0.05, 0) is 50.9 Å². The molecule has 0 aromatic carbocycles. The number of piperidine rings is 2. The first kappa shape index (κ1) is 22.1. The summed E-state index contributed by atoms with van der Waals surface area (Å²) in [6.45, 7) is 5.26. The normalized spacial score (nSPS) is 23.9. The van der Waals surface area contributed by atoms with Crippen molar-refractivity contribution < 1.29 is 19.1 Å². The summed E-state index contributed by atoms with van der Waals surface area (Å²) in [6, 6.07) is 0. The number of likely N-dealkylation sites (tertiary alicyclic amines) is 3. The summed E-state index contributed by atoms with van der Waals surface area (Å²) >= 11 is 0. The Morgan fingerprint density at radius 3 is 2.38 bits per heavy atom. The van der Waals surface area contributed by atoms with Crippen molar-refractivity contribution in [3.05, 3.63) is 0 Å². The molecule has 3 rings (SSSR count). The maximum absolute atomic E-state index is 13.0. The summed E-state index contributed by atoms with van der Waals surface area (Å²) in [7, 11) is 1.74. The third kappa shape index (κ3) is 6.17. The van der Waals surface area contributed by atoms with Crippen LogP contribution in [-0.2, 0) is 19.1 Å². The van der Waals surface area contributed by atoms with Gasteiger partial charge >= 0.3 is 0 Å². The maximum atomic E-state index is 13.0. The van der Waals surface area contributed by atoms with Gasteiger partial charge in [-0.25, -0.2) is 0 Å². The van der Waals surface area contributed by atoms with E-state index in [1.807, 2.05) is 14.7 Å². The van der Waals surface area contributed by atoms with E-state index in [0.29, 0.717) is 38.3 Å². The molecule has 29 heavy (non-hydrogen) atoms. The number of nitrogens with zero attached hydrogens (tertiary/aromatic N) is 3. The molecule has 0 bridgehead atoms. The van der Waals surface area contributed by atoms with Crippen LogP contribution in [0.5, 0.6) is 0 Å². The molecule has 0 aliphatic carbocycles. The van der Waals surface area contributed by atoms with Crippen LogP contribution in [0, 0.1) is 11.8 Å². The quantitative estimate of drug-likeness (QED) is 0.548. The van der Waals surface area contributed by atoms with Gasteiger partial charge in [0, 0.05) is 65.8 Å². The Morgan fingerprint density at radius 1 is 0.966 bits per heavy atom. The molecule has 0 radical (unpaired) electrons. The van der Waals surface area contributed by atoms with E-state index in [0.717, 1.165) is 64.9 Å². The van der Waals surface area contributed by atoms with Crippen LogP contribution in [0.15, 0.2) is 0 Å². The average molecular weight is 408 g/mol. The van der Waals surface area contributed by atoms with E-state index in [1.54, 1.807) is 7.11 Å². The molecule has 3 aliphatic rings. The molecule has 0 N–H and O–H groups in total. The van der Waals surface area contributed by atoms with Gasteiger partial charge in [-0.1, -0.05) is 0 Å². The molecular formula is C22H37N3O4. The molecular weight excluding hydrogens is 370 g/mol. The van der Waals surface area contributed by atoms with Gasteiger partial charge in [0.05, 0.1) is 5.92 Å². The lowest BCUT2D eigenvalue weighted by atomic mass is 9.90. The second-order valence-corrected chi connectivity index (χ2v) is 8.82. The lowest BCUT2D eigenvalue weighted by Crippen LogP contribution is -2.49. The first-order valence-corrected chi connectivity index (χ1v) is 11.4. The molecule has 0 spiro atoms. The minimum absolute atomic E-state index is 0.0637. The topological polar surface area (TPSA) is 70.2 Å². The Bertz CT molecular complexity index is 574. The van der Waals surface area contributed by atoms with E-state index in [4.69, 9.17) is 4.74 Å². The van der Waals surface area contributed by atoms with Crippen LogP contribution in [0.25, 0.3) is 0 Å². The Hall–Kier alpha value is -1.63. The molecule has 0 aromatic rings. The van der Waals surface area contributed by atoms with Crippen molar-refractivity contribution in [1.82, 2.24) is 14.7 Å². The average Bonchev–Trinajstić information content (AvgIpc) is 3.14. The summed E-state index contributed by atoms with van der Waals surface area (Å²) in [5.41, 5.74) is 0. The number of methoxy groups -OCH3 is 1. The lowest BCUT2D eigenvalue weighted by molar-refractivity contribution is -0.144. The summed E-state index contributed by atoms with van der Waals surface area (Å²) in [5, 5.41) is 0. The fourth-order valence-electron chi connectivity index (χ4n) is 4.94. The maximum Gasteiger partial charge on any atom is 0.227 e. The van der Waals surface area contributed by atoms with Gasteiger partial charge < -0.3 is 19.4 Å². The van der Waals surface area contributed by atoms with Gasteiger partial charge in [0.25, 0.3) is 0 Å². The van der Waals surface area contributed by atoms with Crippen molar-refractivity contribution in [3.63, 3.8) is 0 Å². The summed E-state index contributed by atoms with van der Waals surface area (Å²) < 4.78 is 5.14. The van der Waals surface area contributed by atoms with Crippen LogP contribution < -0.4 is 0 Å². The first-order chi connectivity index (χ1) is 14.1. The van der Waals surface area contributed by atoms with Crippen LogP contribution in [0.4, 0.5) is 0 Å². The molecule has 3 saturated heterocycles. The highest BCUT2D eigenvalue weighted by Gasteiger charge is 2.34. The predicted molar refractivity (Wildman–Crippen MR) is 110 cm³/mol. The van der Waals surface area contributed by atoms with Gasteiger partial charge in [-0.2, -0.15) is 0 Å². The largest absolute Gasteiger partial charge is 0.385 e. The SMILES string of the molecule is COCCCC1CCN(C(=O)[C@@H]2CCC(=O)N(CCCN3CCCC3=O)C2)CC1. The Kier molecular flexibility index (Phi) is 8.33. The zero-order valence-electron chi connectivity index (χ0n) is 17.9. The van der Waals surface area contributed by atoms with E-state index >= 15 is 0 Å². The highest BCUT2D eigenvalue weighted by Crippen LogP contribution is 2.26. The molecule has 0 unspecified atom stereocenters. The molecule has 0 aromatic heterocycles. The van der Waals surface area contributed by atoms with E-state index in [1.165, 1.54) is 6.42 Å². The molecule has 164 valence electrons. The number of carbonyl (C=O) groups is 3. The van der Waals surface area contributed by atoms with Gasteiger partial charge in [0.15, 0.2) is 0 Å². The van der Waals surface area contributed by atoms with Crippen LogP contribution in [0.1, 0.15) is 57.8 Å². The minimum atomic E-state index is -0.0637. The fourth-order valence-corrected chi connectivity index (χ4v) is 4.94. The van der Waals surface area contributed by atoms with Crippen molar-refractivity contribution in [3.8, 4) is 0 Å². The molecule has 3 fully saturated rings. The molecule has 7 heteroatoms. The van der Waals surface area contributed by atoms with Crippen molar-refractivity contribution in [2.24, 2.45) is 11.8 Å². The number of hydrogen-bond acceptors (Lipinski definition) is 4. The lowest BCUT2D eigenvalue weighted by Gasteiger charge is -2.38. The van der Waals surface area contributed by atoms with Gasteiger partial charge in [0.2, 0.25) is 17.7 Å². The molecule has 3 aliphatic heterocycles. The Balaban J connectivity index is 1.40. The Labute approximate surface area is 174 Å². The molecule has 7 nitrogen and oxygen atoms in total. The number of carbonyl (C=O) groups excluding carboxylic acids is 3. The van der Waals surface area contributed by atoms with Gasteiger partial charge in [-0.3, -0.25) is 14.4 Å². The third-order valence-electron chi connectivity index (χ3n) is 6.76. The highest BCUT2D eigenvalue weighted by molar-refractivity contribution is 5.84. The summed E-state index contributed by atoms with van der Waals surface area (Å²) in [4.78, 5) is 42.8. The van der Waals surface area contributed by atoms with Crippen molar-refractivity contribution in [2.45, 2.75) is 57.8 Å². The highest BCUT2D eigenvalue weighted by atomic mass is 16.5. The molecule has 3 amide bonds. The molecule has 3 heterocycles. The van der Waals surface area contributed by atoms with E-state index in [2.05, 4.69) is 0 Å². The number of amides is 3. The van der Waals surface area contributed by atoms with Gasteiger partial charge in [-0.15, -0.1) is 0 Å². The van der Waals surface area contributed by atoms with Crippen molar-refractivity contribution in [2.75, 3.05) is 53.0 Å². The first-order valence-electron chi connectivity index (χ1n) is 11.4. The van der Waals surface area contributed by atoms with Crippen LogP contribution >= 0.6 is 0 Å². The second-order valence-electron chi connectivity index (χ2n) is 8.82. The van der Waals surface area contributed by atoms with E-state index < -0.39 is 0 Å². The smallest absolute Gasteiger partial charge is 0.227 e. The minimum Gasteiger partial charge on any atom is -0.385 e. The van der Waals surface area contributed by atoms with E-state index in [-0.39, 0.29) is 23.6 Å². The third-order valence-corrected chi connectivity index (χ3v) is 6.76. The predicted octanol–water partition coefficient (Wildman–Crippen LogP) is 1.90. The van der Waals surface area contributed by atoms with Crippen molar-refractivity contribution in [1.29, 1.82) is 0 Å². The van der Waals surface area contributed by atoms with E-state index in [9.17, 15) is 14.4 Å².